The van der Waals surface area contributed by atoms with Crippen LogP contribution < -0.4 is 62.6 Å². The van der Waals surface area contributed by atoms with E-state index in [9.17, 15) is 4.79 Å². The summed E-state index contributed by atoms with van der Waals surface area (Å²) < 4.78 is 6.15. The Kier molecular flexibility index (Phi) is 28.3. The predicted octanol–water partition coefficient (Wildman–Crippen LogP) is 3.36. The number of nitrogens with one attached hydrogen (secondary N) is 1. The number of carbonyl (C=O) groups is 1. The van der Waals surface area contributed by atoms with E-state index in [0.717, 1.165) is 51.0 Å². The number of ether oxygens (including phenoxy) is 1. The molecule has 0 radical (unpaired) electrons. The van der Waals surface area contributed by atoms with E-state index in [1.54, 1.807) is 7.05 Å². The van der Waals surface area contributed by atoms with Gasteiger partial charge in [-0.05, 0) is 152 Å². The average Bonchev–Trinajstić information content (AvgIpc) is 3.58. The van der Waals surface area contributed by atoms with E-state index in [1.807, 2.05) is 18.9 Å². The van der Waals surface area contributed by atoms with Crippen LogP contribution in [0.5, 0.6) is 0 Å². The smallest absolute Gasteiger partial charge is 0.790 e. The maximum Gasteiger partial charge on any atom is 1.00 e. The van der Waals surface area contributed by atoms with Crippen LogP contribution in [0.4, 0.5) is 0 Å². The van der Waals surface area contributed by atoms with Crippen molar-refractivity contribution in [1.82, 2.24) is 20.2 Å². The molecule has 5 aliphatic rings. The number of hydrogen-bond acceptors (Lipinski definition) is 10. The summed E-state index contributed by atoms with van der Waals surface area (Å²) in [6.45, 7) is 13.7. The van der Waals surface area contributed by atoms with Gasteiger partial charge in [-0.3, -0.25) is 9.63 Å². The molecule has 52 heavy (non-hydrogen) atoms. The van der Waals surface area contributed by atoms with Gasteiger partial charge in [0.15, 0.2) is 0 Å². The molecule has 4 saturated carbocycles. The molecule has 0 bridgehead atoms. The summed E-state index contributed by atoms with van der Waals surface area (Å²) in [6.07, 6.45) is 17.6. The van der Waals surface area contributed by atoms with E-state index in [4.69, 9.17) is 19.9 Å². The van der Waals surface area contributed by atoms with Gasteiger partial charge in [0.2, 0.25) is 5.91 Å². The molecule has 1 heterocycles. The van der Waals surface area contributed by atoms with Crippen LogP contribution in [0.25, 0.3) is 0 Å². The maximum atomic E-state index is 12.5. The number of aliphatic hydroxyl groups is 1. The van der Waals surface area contributed by atoms with Crippen LogP contribution in [0.15, 0.2) is 0 Å². The number of carbonyl (C=O) groups excluding carboxylic acids is 1. The van der Waals surface area contributed by atoms with Crippen LogP contribution in [-0.2, 0) is 14.4 Å². The van der Waals surface area contributed by atoms with Gasteiger partial charge >= 0.3 is 51.4 Å². The van der Waals surface area contributed by atoms with Gasteiger partial charge in [0.25, 0.3) is 0 Å². The van der Waals surface area contributed by atoms with Crippen molar-refractivity contribution in [1.29, 1.82) is 0 Å². The molecule has 0 aromatic carbocycles. The average molecular weight is 784 g/mol. The second kappa shape index (κ2) is 27.7. The topological polar surface area (TPSA) is 127 Å². The Hall–Kier alpha value is 1.14. The number of nitrogens with two attached hydrogens (primary N) is 1. The Labute approximate surface area is 367 Å². The van der Waals surface area contributed by atoms with Crippen LogP contribution >= 0.6 is 11.8 Å². The molecule has 1 saturated heterocycles. The van der Waals surface area contributed by atoms with Gasteiger partial charge in [-0.1, -0.05) is 34.1 Å². The Morgan fingerprint density at radius 3 is 2.17 bits per heavy atom. The number of unbranched alkanes of at least 4 members (excludes halogenated alkanes) is 1. The molecule has 0 aromatic rings. The van der Waals surface area contributed by atoms with Crippen molar-refractivity contribution in [2.45, 2.75) is 117 Å². The molecule has 9 atom stereocenters. The molecule has 1 aliphatic heterocycles. The second-order valence-electron chi connectivity index (χ2n) is 17.3. The van der Waals surface area contributed by atoms with Crippen LogP contribution in [-0.4, -0.2) is 126 Å². The fourth-order valence-electron chi connectivity index (χ4n) is 10.2. The number of nitrogens with zero attached hydrogens (tertiary/aromatic N) is 3. The Bertz CT molecular complexity index is 927. The first-order chi connectivity index (χ1) is 24.3. The minimum absolute atomic E-state index is 0. The van der Waals surface area contributed by atoms with E-state index in [0.29, 0.717) is 35.1 Å². The number of fused-ring (bicyclic) bond motifs is 1. The first-order valence-electron chi connectivity index (χ1n) is 19.9. The number of hydrogen-bond donors (Lipinski definition) is 3. The van der Waals surface area contributed by atoms with Gasteiger partial charge in [0.05, 0.1) is 12.7 Å². The zero-order chi connectivity index (χ0) is 38.8. The number of aliphatic hydroxyl groups excluding tert-OH is 1. The zero-order valence-electron chi connectivity index (χ0n) is 36.0. The van der Waals surface area contributed by atoms with Crippen molar-refractivity contribution >= 4 is 17.7 Å². The minimum Gasteiger partial charge on any atom is -0.790 e. The van der Waals surface area contributed by atoms with Gasteiger partial charge in [-0.15, -0.1) is 0 Å². The minimum atomic E-state index is 0. The van der Waals surface area contributed by atoms with Gasteiger partial charge in [-0.2, -0.15) is 16.8 Å². The number of hydroxylamine groups is 2. The molecular weight excluding hydrogens is 702 g/mol. The van der Waals surface area contributed by atoms with Crippen molar-refractivity contribution < 1.29 is 70.9 Å². The van der Waals surface area contributed by atoms with Crippen molar-refractivity contribution in [2.75, 3.05) is 87.7 Å². The SMILES string of the molecule is CC1(C)C[C@]2(C)CCC12.CCC1CON(CC2CCCC(C3CC(C(=O)NC)CC(N(C)C)C3)C2OC)C1.CO.CSCCCCN(C)C.N[O-].[K+]. The molecule has 8 unspecified atom stereocenters. The molecule has 5 rings (SSSR count). The molecule has 4 aliphatic carbocycles. The van der Waals surface area contributed by atoms with E-state index in [1.165, 1.54) is 76.5 Å². The van der Waals surface area contributed by atoms with Crippen LogP contribution in [0, 0.1) is 51.5 Å². The van der Waals surface area contributed by atoms with Gasteiger partial charge < -0.3 is 36.1 Å². The van der Waals surface area contributed by atoms with Gasteiger partial charge in [-0.25, -0.2) is 0 Å². The number of thioether (sulfide) groups is 1. The first-order valence-corrected chi connectivity index (χ1v) is 21.3. The number of rotatable bonds is 12. The summed E-state index contributed by atoms with van der Waals surface area (Å²) >= 11 is 1.93. The fourth-order valence-corrected chi connectivity index (χ4v) is 10.6. The third kappa shape index (κ3) is 16.5. The number of methoxy groups -OCH3 is 1. The molecular formula is C40H82KN5O5S. The monoisotopic (exact) mass is 784 g/mol. The van der Waals surface area contributed by atoms with Crippen LogP contribution in [0.1, 0.15) is 105 Å². The molecule has 4 N–H and O–H groups in total. The third-order valence-corrected chi connectivity index (χ3v) is 13.5. The summed E-state index contributed by atoms with van der Waals surface area (Å²) in [4.78, 5) is 23.0. The molecule has 304 valence electrons. The summed E-state index contributed by atoms with van der Waals surface area (Å²) in [7, 11) is 13.2. The van der Waals surface area contributed by atoms with Gasteiger partial charge in [0, 0.05) is 52.2 Å². The van der Waals surface area contributed by atoms with Crippen molar-refractivity contribution in [2.24, 2.45) is 52.2 Å². The molecule has 0 aromatic heterocycles. The van der Waals surface area contributed by atoms with Crippen molar-refractivity contribution in [3.63, 3.8) is 0 Å². The standard InChI is InChI=1S/C23H43N3O3.C9H16.C7H17NS.CH4O.K.H2NO/c1-6-16-13-26(29-15-16)14-17-8-7-9-21(22(17)28-5)18-10-19(23(27)24-2)12-20(11-18)25(3)4;1-8(2)6-9(3)5-4-7(8)9;1-8(2)6-4-5-7-9-3;1-2;;1-2/h16-22H,6-15H2,1-5H3,(H,24,27);7H,4-6H2,1-3H3;4-7H2,1-3H3;2H,1H3;;1H2/q;;;;+1;-1/t;7?,9-;;;;/m.0..../s1. The van der Waals surface area contributed by atoms with E-state index < -0.39 is 0 Å². The summed E-state index contributed by atoms with van der Waals surface area (Å²) in [5.41, 5.74) is 1.50. The van der Waals surface area contributed by atoms with E-state index in [2.05, 4.69) is 88.2 Å². The Morgan fingerprint density at radius 2 is 1.75 bits per heavy atom. The first kappa shape index (κ1) is 53.1. The summed E-state index contributed by atoms with van der Waals surface area (Å²) in [6, 6.07) is 0.473. The molecule has 5 fully saturated rings. The normalized spacial score (nSPS) is 33.0. The van der Waals surface area contributed by atoms with Crippen LogP contribution in [0.2, 0.25) is 0 Å². The summed E-state index contributed by atoms with van der Waals surface area (Å²) in [5, 5.41) is 19.8. The molecule has 10 nitrogen and oxygen atoms in total. The van der Waals surface area contributed by atoms with Gasteiger partial charge in [0.1, 0.15) is 0 Å². The van der Waals surface area contributed by atoms with E-state index >= 15 is 0 Å². The summed E-state index contributed by atoms with van der Waals surface area (Å²) in [5.74, 6) is 8.25. The predicted molar refractivity (Wildman–Crippen MR) is 216 cm³/mol. The van der Waals surface area contributed by atoms with E-state index in [-0.39, 0.29) is 69.3 Å². The molecule has 12 heteroatoms. The third-order valence-electron chi connectivity index (χ3n) is 12.8. The Morgan fingerprint density at radius 1 is 1.08 bits per heavy atom. The van der Waals surface area contributed by atoms with Crippen LogP contribution in [0.3, 0.4) is 0 Å². The number of amides is 1. The second-order valence-corrected chi connectivity index (χ2v) is 18.3. The quantitative estimate of drug-likeness (QED) is 0.154. The van der Waals surface area contributed by atoms with Crippen molar-refractivity contribution in [3.8, 4) is 0 Å². The molecule has 0 spiro atoms. The van der Waals surface area contributed by atoms with Crippen molar-refractivity contribution in [3.05, 3.63) is 5.21 Å². The Balaban J connectivity index is 0.000000921. The largest absolute Gasteiger partial charge is 1.00 e. The maximum absolute atomic E-state index is 12.5. The fraction of sp³-hybridized carbons (Fsp3) is 0.975. The molecule has 1 amide bonds. The zero-order valence-corrected chi connectivity index (χ0v) is 40.0.